The van der Waals surface area contributed by atoms with Crippen LogP contribution in [0, 0.1) is 6.92 Å². The Balaban J connectivity index is 2.05. The van der Waals surface area contributed by atoms with Gasteiger partial charge in [-0.2, -0.15) is 4.98 Å². The molecular weight excluding hydrogens is 266 g/mol. The molecular formula is C12H21N3O3S. The lowest BCUT2D eigenvalue weighted by atomic mass is 10.00. The van der Waals surface area contributed by atoms with Crippen LogP contribution in [0.25, 0.3) is 0 Å². The van der Waals surface area contributed by atoms with Gasteiger partial charge in [-0.3, -0.25) is 0 Å². The Hall–Kier alpha value is -0.950. The summed E-state index contributed by atoms with van der Waals surface area (Å²) in [5.74, 6) is 1.43. The maximum atomic E-state index is 12.2. The molecule has 0 radical (unpaired) electrons. The molecule has 1 unspecified atom stereocenters. The molecule has 19 heavy (non-hydrogen) atoms. The molecule has 0 saturated carbocycles. The van der Waals surface area contributed by atoms with Crippen molar-refractivity contribution in [3.8, 4) is 0 Å². The lowest BCUT2D eigenvalue weighted by molar-refractivity contribution is 0.265. The van der Waals surface area contributed by atoms with Crippen molar-refractivity contribution in [1.82, 2.24) is 14.4 Å². The van der Waals surface area contributed by atoms with E-state index >= 15 is 0 Å². The topological polar surface area (TPSA) is 76.3 Å². The van der Waals surface area contributed by atoms with Gasteiger partial charge in [0.25, 0.3) is 0 Å². The van der Waals surface area contributed by atoms with E-state index in [4.69, 9.17) is 4.52 Å². The Bertz CT molecular complexity index is 512. The summed E-state index contributed by atoms with van der Waals surface area (Å²) in [6, 6.07) is 0. The highest BCUT2D eigenvalue weighted by Gasteiger charge is 2.31. The molecule has 1 saturated heterocycles. The molecule has 0 aromatic carbocycles. The standard InChI is InChI=1S/C12H21N3O3S/c1-3-4-8-19(16,17)15-7-5-6-11(9-15)12-13-10(2)14-18-12/h11H,3-9H2,1-2H3. The molecule has 0 spiro atoms. The van der Waals surface area contributed by atoms with Gasteiger partial charge < -0.3 is 4.52 Å². The van der Waals surface area contributed by atoms with E-state index in [1.807, 2.05) is 6.92 Å². The Morgan fingerprint density at radius 2 is 2.26 bits per heavy atom. The first-order valence-corrected chi connectivity index (χ1v) is 8.42. The summed E-state index contributed by atoms with van der Waals surface area (Å²) < 4.78 is 31.1. The number of aromatic nitrogens is 2. The largest absolute Gasteiger partial charge is 0.339 e. The lowest BCUT2D eigenvalue weighted by Gasteiger charge is -2.30. The number of hydrogen-bond donors (Lipinski definition) is 0. The second-order valence-electron chi connectivity index (χ2n) is 5.05. The van der Waals surface area contributed by atoms with Crippen LogP contribution in [0.1, 0.15) is 50.2 Å². The zero-order valence-corrected chi connectivity index (χ0v) is 12.3. The second-order valence-corrected chi connectivity index (χ2v) is 7.14. The van der Waals surface area contributed by atoms with Crippen LogP contribution >= 0.6 is 0 Å². The summed E-state index contributed by atoms with van der Waals surface area (Å²) in [6.07, 6.45) is 3.35. The van der Waals surface area contributed by atoms with Gasteiger partial charge >= 0.3 is 0 Å². The zero-order valence-electron chi connectivity index (χ0n) is 11.5. The third-order valence-electron chi connectivity index (χ3n) is 3.43. The molecule has 2 rings (SSSR count). The Labute approximate surface area is 114 Å². The van der Waals surface area contributed by atoms with Crippen molar-refractivity contribution < 1.29 is 12.9 Å². The Morgan fingerprint density at radius 1 is 1.47 bits per heavy atom. The summed E-state index contributed by atoms with van der Waals surface area (Å²) in [5, 5.41) is 3.77. The van der Waals surface area contributed by atoms with Crippen LogP contribution in [0.15, 0.2) is 4.52 Å². The van der Waals surface area contributed by atoms with Gasteiger partial charge in [0.05, 0.1) is 11.7 Å². The number of piperidine rings is 1. The van der Waals surface area contributed by atoms with Crippen LogP contribution in [-0.4, -0.2) is 41.7 Å². The van der Waals surface area contributed by atoms with E-state index in [0.29, 0.717) is 31.2 Å². The number of sulfonamides is 1. The fourth-order valence-corrected chi connectivity index (χ4v) is 4.06. The van der Waals surface area contributed by atoms with E-state index in [1.165, 1.54) is 0 Å². The third-order valence-corrected chi connectivity index (χ3v) is 5.35. The summed E-state index contributed by atoms with van der Waals surface area (Å²) in [4.78, 5) is 4.21. The van der Waals surface area contributed by atoms with E-state index < -0.39 is 10.0 Å². The van der Waals surface area contributed by atoms with Crippen LogP contribution in [-0.2, 0) is 10.0 Å². The molecule has 1 aliphatic rings. The first kappa shape index (κ1) is 14.5. The molecule has 0 bridgehead atoms. The number of unbranched alkanes of at least 4 members (excludes halogenated alkanes) is 1. The van der Waals surface area contributed by atoms with E-state index in [0.717, 1.165) is 19.3 Å². The monoisotopic (exact) mass is 287 g/mol. The minimum absolute atomic E-state index is 0.0337. The molecule has 1 aromatic rings. The molecule has 1 atom stereocenters. The SMILES string of the molecule is CCCCS(=O)(=O)N1CCCC(c2nc(C)no2)C1. The zero-order chi connectivity index (χ0) is 13.9. The van der Waals surface area contributed by atoms with Crippen molar-refractivity contribution in [2.75, 3.05) is 18.8 Å². The number of rotatable bonds is 5. The Morgan fingerprint density at radius 3 is 2.89 bits per heavy atom. The Kier molecular flexibility index (Phi) is 4.57. The van der Waals surface area contributed by atoms with Gasteiger partial charge in [0.2, 0.25) is 15.9 Å². The smallest absolute Gasteiger partial charge is 0.231 e. The molecule has 0 N–H and O–H groups in total. The van der Waals surface area contributed by atoms with Crippen LogP contribution in [0.5, 0.6) is 0 Å². The molecule has 6 nitrogen and oxygen atoms in total. The van der Waals surface area contributed by atoms with Gasteiger partial charge in [-0.1, -0.05) is 18.5 Å². The summed E-state index contributed by atoms with van der Waals surface area (Å²) in [7, 11) is -3.14. The highest BCUT2D eigenvalue weighted by Crippen LogP contribution is 2.27. The average Bonchev–Trinajstić information content (AvgIpc) is 2.83. The summed E-state index contributed by atoms with van der Waals surface area (Å²) >= 11 is 0. The van der Waals surface area contributed by atoms with Gasteiger partial charge in [0, 0.05) is 13.1 Å². The first-order valence-electron chi connectivity index (χ1n) is 6.81. The average molecular weight is 287 g/mol. The molecule has 1 aromatic heterocycles. The fraction of sp³-hybridized carbons (Fsp3) is 0.833. The van der Waals surface area contributed by atoms with Crippen molar-refractivity contribution in [2.45, 2.75) is 45.4 Å². The van der Waals surface area contributed by atoms with Crippen LogP contribution in [0.2, 0.25) is 0 Å². The van der Waals surface area contributed by atoms with E-state index in [9.17, 15) is 8.42 Å². The minimum atomic E-state index is -3.14. The van der Waals surface area contributed by atoms with Crippen LogP contribution < -0.4 is 0 Å². The van der Waals surface area contributed by atoms with Crippen molar-refractivity contribution in [3.05, 3.63) is 11.7 Å². The van der Waals surface area contributed by atoms with Gasteiger partial charge in [-0.25, -0.2) is 12.7 Å². The van der Waals surface area contributed by atoms with Crippen LogP contribution in [0.4, 0.5) is 0 Å². The molecule has 1 aliphatic heterocycles. The molecule has 108 valence electrons. The van der Waals surface area contributed by atoms with Gasteiger partial charge in [0.15, 0.2) is 5.82 Å². The highest BCUT2D eigenvalue weighted by atomic mass is 32.2. The van der Waals surface area contributed by atoms with Crippen molar-refractivity contribution >= 4 is 10.0 Å². The summed E-state index contributed by atoms with van der Waals surface area (Å²) in [5.41, 5.74) is 0. The van der Waals surface area contributed by atoms with E-state index in [2.05, 4.69) is 10.1 Å². The predicted octanol–water partition coefficient (Wildman–Crippen LogP) is 1.69. The van der Waals surface area contributed by atoms with Crippen molar-refractivity contribution in [3.63, 3.8) is 0 Å². The fourth-order valence-electron chi connectivity index (χ4n) is 2.33. The first-order chi connectivity index (χ1) is 9.03. The van der Waals surface area contributed by atoms with Gasteiger partial charge in [-0.15, -0.1) is 0 Å². The van der Waals surface area contributed by atoms with Crippen molar-refractivity contribution in [1.29, 1.82) is 0 Å². The maximum Gasteiger partial charge on any atom is 0.231 e. The number of hydrogen-bond acceptors (Lipinski definition) is 5. The molecule has 7 heteroatoms. The van der Waals surface area contributed by atoms with Gasteiger partial charge in [0.1, 0.15) is 0 Å². The second kappa shape index (κ2) is 6.00. The third kappa shape index (κ3) is 3.54. The van der Waals surface area contributed by atoms with Crippen LogP contribution in [0.3, 0.4) is 0 Å². The predicted molar refractivity (Wildman–Crippen MR) is 71.3 cm³/mol. The molecule has 2 heterocycles. The van der Waals surface area contributed by atoms with Crippen molar-refractivity contribution in [2.24, 2.45) is 0 Å². The van der Waals surface area contributed by atoms with E-state index in [-0.39, 0.29) is 11.7 Å². The maximum absolute atomic E-state index is 12.2. The highest BCUT2D eigenvalue weighted by molar-refractivity contribution is 7.89. The summed E-state index contributed by atoms with van der Waals surface area (Å²) in [6.45, 7) is 4.84. The molecule has 0 amide bonds. The number of aryl methyl sites for hydroxylation is 1. The van der Waals surface area contributed by atoms with Gasteiger partial charge in [-0.05, 0) is 26.2 Å². The quantitative estimate of drug-likeness (QED) is 0.823. The lowest BCUT2D eigenvalue weighted by Crippen LogP contribution is -2.40. The molecule has 0 aliphatic carbocycles. The molecule has 1 fully saturated rings. The normalized spacial score (nSPS) is 21.7. The number of nitrogens with zero attached hydrogens (tertiary/aromatic N) is 3. The minimum Gasteiger partial charge on any atom is -0.339 e. The van der Waals surface area contributed by atoms with E-state index in [1.54, 1.807) is 11.2 Å².